The van der Waals surface area contributed by atoms with Gasteiger partial charge in [0.2, 0.25) is 11.8 Å². The van der Waals surface area contributed by atoms with Crippen molar-refractivity contribution in [2.75, 3.05) is 26.2 Å². The maximum atomic E-state index is 12.7. The minimum absolute atomic E-state index is 0.0151. The number of piperazine rings is 1. The van der Waals surface area contributed by atoms with Crippen LogP contribution in [0.1, 0.15) is 36.2 Å². The van der Waals surface area contributed by atoms with E-state index in [-0.39, 0.29) is 30.6 Å². The number of hydrogen-bond donors (Lipinski definition) is 2. The third kappa shape index (κ3) is 4.13. The van der Waals surface area contributed by atoms with Crippen LogP contribution in [0.15, 0.2) is 30.3 Å². The van der Waals surface area contributed by atoms with Gasteiger partial charge in [-0.3, -0.25) is 14.4 Å². The number of amides is 3. The van der Waals surface area contributed by atoms with E-state index >= 15 is 0 Å². The number of H-pyrrole nitrogens is 1. The van der Waals surface area contributed by atoms with Crippen LogP contribution in [0.3, 0.4) is 0 Å². The van der Waals surface area contributed by atoms with Gasteiger partial charge in [0, 0.05) is 56.0 Å². The molecule has 142 valence electrons. The number of benzene rings is 1. The van der Waals surface area contributed by atoms with Gasteiger partial charge in [-0.25, -0.2) is 0 Å². The number of para-hydroxylation sites is 1. The zero-order valence-electron chi connectivity index (χ0n) is 15.2. The summed E-state index contributed by atoms with van der Waals surface area (Å²) >= 11 is 0. The Balaban J connectivity index is 1.27. The molecule has 2 heterocycles. The molecule has 2 aliphatic rings. The Bertz CT molecular complexity index is 830. The Morgan fingerprint density at radius 1 is 1.00 bits per heavy atom. The van der Waals surface area contributed by atoms with Crippen LogP contribution in [0.4, 0.5) is 0 Å². The van der Waals surface area contributed by atoms with Crippen molar-refractivity contribution in [3.8, 4) is 0 Å². The Hall–Kier alpha value is -2.83. The molecule has 1 aliphatic carbocycles. The highest BCUT2D eigenvalue weighted by Crippen LogP contribution is 2.19. The molecule has 2 fully saturated rings. The lowest BCUT2D eigenvalue weighted by atomic mass is 10.2. The predicted molar refractivity (Wildman–Crippen MR) is 101 cm³/mol. The van der Waals surface area contributed by atoms with E-state index < -0.39 is 0 Å². The molecule has 3 amide bonds. The molecule has 0 radical (unpaired) electrons. The fourth-order valence-corrected chi connectivity index (χ4v) is 3.42. The summed E-state index contributed by atoms with van der Waals surface area (Å²) in [6.07, 6.45) is 2.57. The highest BCUT2D eigenvalue weighted by Gasteiger charge is 2.27. The van der Waals surface area contributed by atoms with Crippen molar-refractivity contribution in [2.45, 2.75) is 31.7 Å². The zero-order valence-corrected chi connectivity index (χ0v) is 15.2. The van der Waals surface area contributed by atoms with E-state index in [2.05, 4.69) is 10.3 Å². The molecule has 2 aromatic rings. The van der Waals surface area contributed by atoms with Crippen LogP contribution in [0, 0.1) is 0 Å². The van der Waals surface area contributed by atoms with Crippen molar-refractivity contribution < 1.29 is 14.4 Å². The second kappa shape index (κ2) is 7.42. The van der Waals surface area contributed by atoms with E-state index in [1.807, 2.05) is 30.3 Å². The highest BCUT2D eigenvalue weighted by atomic mass is 16.2. The summed E-state index contributed by atoms with van der Waals surface area (Å²) in [5, 5.41) is 3.91. The monoisotopic (exact) mass is 368 g/mol. The van der Waals surface area contributed by atoms with Crippen molar-refractivity contribution in [3.63, 3.8) is 0 Å². The largest absolute Gasteiger partial charge is 0.353 e. The molecule has 0 bridgehead atoms. The summed E-state index contributed by atoms with van der Waals surface area (Å²) in [7, 11) is 0. The summed E-state index contributed by atoms with van der Waals surface area (Å²) in [4.78, 5) is 43.4. The van der Waals surface area contributed by atoms with E-state index in [0.29, 0.717) is 37.9 Å². The second-order valence-corrected chi connectivity index (χ2v) is 7.29. The number of rotatable bonds is 5. The molecule has 1 aromatic carbocycles. The Morgan fingerprint density at radius 3 is 2.41 bits per heavy atom. The van der Waals surface area contributed by atoms with Crippen molar-refractivity contribution >= 4 is 28.6 Å². The summed E-state index contributed by atoms with van der Waals surface area (Å²) < 4.78 is 0. The van der Waals surface area contributed by atoms with Crippen LogP contribution in [-0.2, 0) is 9.59 Å². The Kier molecular flexibility index (Phi) is 4.83. The van der Waals surface area contributed by atoms with Crippen LogP contribution in [0.25, 0.3) is 10.9 Å². The number of nitrogens with one attached hydrogen (secondary N) is 2. The molecule has 1 aliphatic heterocycles. The normalized spacial score (nSPS) is 17.2. The molecule has 4 rings (SSSR count). The van der Waals surface area contributed by atoms with Gasteiger partial charge < -0.3 is 20.1 Å². The fraction of sp³-hybridized carbons (Fsp3) is 0.450. The van der Waals surface area contributed by atoms with Gasteiger partial charge in [0.25, 0.3) is 5.91 Å². The van der Waals surface area contributed by atoms with Crippen LogP contribution < -0.4 is 5.32 Å². The first-order valence-electron chi connectivity index (χ1n) is 9.54. The van der Waals surface area contributed by atoms with Crippen LogP contribution in [-0.4, -0.2) is 64.7 Å². The minimum Gasteiger partial charge on any atom is -0.353 e. The molecular formula is C20H24N4O3. The zero-order chi connectivity index (χ0) is 18.8. The molecular weight excluding hydrogens is 344 g/mol. The first kappa shape index (κ1) is 17.6. The van der Waals surface area contributed by atoms with Gasteiger partial charge in [0.05, 0.1) is 0 Å². The van der Waals surface area contributed by atoms with Crippen LogP contribution in [0.2, 0.25) is 0 Å². The number of aromatic amines is 1. The number of aromatic nitrogens is 1. The maximum Gasteiger partial charge on any atom is 0.270 e. The molecule has 7 heteroatoms. The van der Waals surface area contributed by atoms with E-state index in [1.165, 1.54) is 0 Å². The molecule has 1 saturated carbocycles. The smallest absolute Gasteiger partial charge is 0.270 e. The van der Waals surface area contributed by atoms with Crippen LogP contribution >= 0.6 is 0 Å². The number of fused-ring (bicyclic) bond motifs is 1. The van der Waals surface area contributed by atoms with Gasteiger partial charge in [-0.15, -0.1) is 0 Å². The molecule has 1 aromatic heterocycles. The Labute approximate surface area is 157 Å². The highest BCUT2D eigenvalue weighted by molar-refractivity contribution is 5.98. The number of hydrogen-bond acceptors (Lipinski definition) is 3. The fourth-order valence-electron chi connectivity index (χ4n) is 3.42. The van der Waals surface area contributed by atoms with E-state index in [1.54, 1.807) is 9.80 Å². The molecule has 7 nitrogen and oxygen atoms in total. The van der Waals surface area contributed by atoms with Gasteiger partial charge in [0.1, 0.15) is 5.69 Å². The summed E-state index contributed by atoms with van der Waals surface area (Å²) in [6, 6.07) is 9.99. The van der Waals surface area contributed by atoms with Gasteiger partial charge in [-0.05, 0) is 25.0 Å². The average molecular weight is 368 g/mol. The lowest BCUT2D eigenvalue weighted by Crippen LogP contribution is -2.50. The number of carbonyl (C=O) groups is 3. The van der Waals surface area contributed by atoms with Gasteiger partial charge in [-0.1, -0.05) is 18.2 Å². The summed E-state index contributed by atoms with van der Waals surface area (Å²) in [5.41, 5.74) is 1.52. The molecule has 0 unspecified atom stereocenters. The lowest BCUT2D eigenvalue weighted by molar-refractivity contribution is -0.134. The topological polar surface area (TPSA) is 85.5 Å². The van der Waals surface area contributed by atoms with Gasteiger partial charge in [-0.2, -0.15) is 0 Å². The van der Waals surface area contributed by atoms with Crippen molar-refractivity contribution in [2.24, 2.45) is 0 Å². The number of nitrogens with zero attached hydrogens (tertiary/aromatic N) is 2. The quantitative estimate of drug-likeness (QED) is 0.839. The minimum atomic E-state index is -0.0431. The van der Waals surface area contributed by atoms with Crippen molar-refractivity contribution in [1.82, 2.24) is 20.1 Å². The lowest BCUT2D eigenvalue weighted by Gasteiger charge is -2.34. The molecule has 2 N–H and O–H groups in total. The Morgan fingerprint density at radius 2 is 1.70 bits per heavy atom. The first-order chi connectivity index (χ1) is 13.1. The van der Waals surface area contributed by atoms with E-state index in [0.717, 1.165) is 23.7 Å². The number of carbonyl (C=O) groups excluding carboxylic acids is 3. The van der Waals surface area contributed by atoms with E-state index in [9.17, 15) is 14.4 Å². The van der Waals surface area contributed by atoms with Crippen LogP contribution in [0.5, 0.6) is 0 Å². The second-order valence-electron chi connectivity index (χ2n) is 7.29. The summed E-state index contributed by atoms with van der Waals surface area (Å²) in [6.45, 7) is 2.03. The predicted octanol–water partition coefficient (Wildman–Crippen LogP) is 1.51. The van der Waals surface area contributed by atoms with E-state index in [4.69, 9.17) is 0 Å². The third-order valence-electron chi connectivity index (χ3n) is 5.19. The van der Waals surface area contributed by atoms with Crippen molar-refractivity contribution in [3.05, 3.63) is 36.0 Å². The molecule has 0 atom stereocenters. The molecule has 0 spiro atoms. The van der Waals surface area contributed by atoms with Crippen molar-refractivity contribution in [1.29, 1.82) is 0 Å². The third-order valence-corrected chi connectivity index (χ3v) is 5.19. The van der Waals surface area contributed by atoms with Gasteiger partial charge in [0.15, 0.2) is 0 Å². The molecule has 27 heavy (non-hydrogen) atoms. The maximum absolute atomic E-state index is 12.7. The first-order valence-corrected chi connectivity index (χ1v) is 9.54. The standard InChI is InChI=1S/C20H24N4O3/c25-18(21-15-5-6-15)7-8-19(26)23-9-11-24(12-10-23)20(27)17-13-14-3-1-2-4-16(14)22-17/h1-4,13,15,22H,5-12H2,(H,21,25). The average Bonchev–Trinajstić information content (AvgIpc) is 3.39. The molecule has 1 saturated heterocycles. The SMILES string of the molecule is O=C(CCC(=O)N1CCN(C(=O)c2cc3ccccc3[nH]2)CC1)NC1CC1. The van der Waals surface area contributed by atoms with Gasteiger partial charge >= 0.3 is 0 Å². The summed E-state index contributed by atoms with van der Waals surface area (Å²) in [5.74, 6) is -0.0979.